The first-order valence-corrected chi connectivity index (χ1v) is 11.7. The number of phenols is 1. The third-order valence-electron chi connectivity index (χ3n) is 6.52. The molecule has 4 rings (SSSR count). The summed E-state index contributed by atoms with van der Waals surface area (Å²) in [4.78, 5) is 2.55. The van der Waals surface area contributed by atoms with Crippen LogP contribution in [0.4, 0.5) is 5.69 Å². The zero-order valence-electron chi connectivity index (χ0n) is 18.8. The van der Waals surface area contributed by atoms with Gasteiger partial charge in [0.1, 0.15) is 5.75 Å². The molecule has 2 unspecified atom stereocenters. The van der Waals surface area contributed by atoms with Crippen LogP contribution in [0.25, 0.3) is 0 Å². The number of phenolic OH excluding ortho intramolecular Hbond substituents is 1. The highest BCUT2D eigenvalue weighted by atomic mass is 16.3. The van der Waals surface area contributed by atoms with Crippen molar-refractivity contribution in [1.29, 1.82) is 0 Å². The fraction of sp³-hybridized carbons (Fsp3) is 0.357. The van der Waals surface area contributed by atoms with Crippen molar-refractivity contribution in [2.45, 2.75) is 44.2 Å². The predicted molar refractivity (Wildman–Crippen MR) is 131 cm³/mol. The molecule has 3 aromatic rings. The zero-order valence-corrected chi connectivity index (χ0v) is 18.8. The first kappa shape index (κ1) is 22.4. The van der Waals surface area contributed by atoms with Crippen LogP contribution in [0, 0.1) is 6.92 Å². The van der Waals surface area contributed by atoms with Crippen LogP contribution in [0.15, 0.2) is 78.9 Å². The number of aryl methyl sites for hydroxylation is 1. The van der Waals surface area contributed by atoms with Gasteiger partial charge in [-0.05, 0) is 55.0 Å². The number of nitrogens with zero attached hydrogens (tertiary/aromatic N) is 1. The molecule has 1 saturated heterocycles. The first-order chi connectivity index (χ1) is 15.6. The molecule has 32 heavy (non-hydrogen) atoms. The van der Waals surface area contributed by atoms with E-state index in [9.17, 15) is 10.2 Å². The standard InChI is InChI=1S/C28H34N2O2/c1-21-13-14-27(32)25(19-21)29-16-8-17-30-18-15-24(31)20-26(30)28(22-9-4-2-5-10-22)23-11-6-3-7-12-23/h2-7,9-14,19,24,26,28-29,31-32H,8,15-18,20H2,1H3. The van der Waals surface area contributed by atoms with Crippen molar-refractivity contribution in [2.24, 2.45) is 0 Å². The maximum absolute atomic E-state index is 10.6. The Labute approximate surface area is 191 Å². The SMILES string of the molecule is Cc1ccc(O)c(NCCCN2CCC(O)CC2C(c2ccccc2)c2ccccc2)c1. The van der Waals surface area contributed by atoms with Gasteiger partial charge in [-0.2, -0.15) is 0 Å². The first-order valence-electron chi connectivity index (χ1n) is 11.7. The Morgan fingerprint density at radius 2 is 1.62 bits per heavy atom. The van der Waals surface area contributed by atoms with Crippen molar-refractivity contribution < 1.29 is 10.2 Å². The molecule has 2 atom stereocenters. The highest BCUT2D eigenvalue weighted by molar-refractivity contribution is 5.57. The minimum atomic E-state index is -0.256. The molecule has 4 nitrogen and oxygen atoms in total. The molecule has 4 heteroatoms. The average molecular weight is 431 g/mol. The van der Waals surface area contributed by atoms with E-state index in [4.69, 9.17) is 0 Å². The maximum atomic E-state index is 10.6. The van der Waals surface area contributed by atoms with E-state index in [2.05, 4.69) is 70.9 Å². The van der Waals surface area contributed by atoms with Gasteiger partial charge >= 0.3 is 0 Å². The van der Waals surface area contributed by atoms with E-state index >= 15 is 0 Å². The van der Waals surface area contributed by atoms with Gasteiger partial charge in [-0.15, -0.1) is 0 Å². The van der Waals surface area contributed by atoms with Crippen LogP contribution >= 0.6 is 0 Å². The van der Waals surface area contributed by atoms with Crippen LogP contribution in [0.2, 0.25) is 0 Å². The summed E-state index contributed by atoms with van der Waals surface area (Å²) in [6.07, 6.45) is 2.31. The van der Waals surface area contributed by atoms with Crippen LogP contribution in [0.5, 0.6) is 5.75 Å². The Morgan fingerprint density at radius 3 is 2.28 bits per heavy atom. The Hall–Kier alpha value is -2.82. The minimum Gasteiger partial charge on any atom is -0.506 e. The summed E-state index contributed by atoms with van der Waals surface area (Å²) in [5.41, 5.74) is 4.52. The average Bonchev–Trinajstić information content (AvgIpc) is 2.81. The smallest absolute Gasteiger partial charge is 0.138 e. The molecular weight excluding hydrogens is 396 g/mol. The monoisotopic (exact) mass is 430 g/mol. The van der Waals surface area contributed by atoms with E-state index in [1.54, 1.807) is 6.07 Å². The molecule has 3 aromatic carbocycles. The van der Waals surface area contributed by atoms with E-state index in [1.165, 1.54) is 11.1 Å². The van der Waals surface area contributed by atoms with E-state index in [-0.39, 0.29) is 18.1 Å². The number of hydrogen-bond donors (Lipinski definition) is 3. The van der Waals surface area contributed by atoms with Gasteiger partial charge in [0.05, 0.1) is 11.8 Å². The largest absolute Gasteiger partial charge is 0.506 e. The molecule has 1 aliphatic heterocycles. The molecule has 0 bridgehead atoms. The quantitative estimate of drug-likeness (QED) is 0.341. The highest BCUT2D eigenvalue weighted by Gasteiger charge is 2.34. The van der Waals surface area contributed by atoms with Crippen LogP contribution in [0.1, 0.15) is 41.9 Å². The summed E-state index contributed by atoms with van der Waals surface area (Å²) in [5, 5.41) is 24.0. The number of rotatable bonds is 8. The second-order valence-electron chi connectivity index (χ2n) is 8.88. The predicted octanol–water partition coefficient (Wildman–Crippen LogP) is 5.16. The number of likely N-dealkylation sites (tertiary alicyclic amines) is 1. The number of benzene rings is 3. The molecule has 0 spiro atoms. The van der Waals surface area contributed by atoms with Gasteiger partial charge in [-0.1, -0.05) is 66.7 Å². The summed E-state index contributed by atoms with van der Waals surface area (Å²) in [5.74, 6) is 0.518. The normalized spacial score (nSPS) is 19.2. The fourth-order valence-corrected chi connectivity index (χ4v) is 4.91. The van der Waals surface area contributed by atoms with Crippen molar-refractivity contribution in [3.8, 4) is 5.75 Å². The van der Waals surface area contributed by atoms with E-state index < -0.39 is 0 Å². The lowest BCUT2D eigenvalue weighted by Crippen LogP contribution is -2.48. The van der Waals surface area contributed by atoms with Gasteiger partial charge in [0.2, 0.25) is 0 Å². The lowest BCUT2D eigenvalue weighted by molar-refractivity contribution is 0.0350. The van der Waals surface area contributed by atoms with Crippen LogP contribution in [-0.4, -0.2) is 46.9 Å². The fourth-order valence-electron chi connectivity index (χ4n) is 4.91. The van der Waals surface area contributed by atoms with Crippen molar-refractivity contribution in [2.75, 3.05) is 25.0 Å². The number of piperidine rings is 1. The Bertz CT molecular complexity index is 938. The van der Waals surface area contributed by atoms with Gasteiger partial charge in [0, 0.05) is 31.6 Å². The third-order valence-corrected chi connectivity index (χ3v) is 6.52. The topological polar surface area (TPSA) is 55.7 Å². The Morgan fingerprint density at radius 1 is 0.969 bits per heavy atom. The Kier molecular flexibility index (Phi) is 7.46. The van der Waals surface area contributed by atoms with E-state index in [1.807, 2.05) is 19.1 Å². The highest BCUT2D eigenvalue weighted by Crippen LogP contribution is 2.36. The number of hydrogen-bond acceptors (Lipinski definition) is 4. The number of aromatic hydroxyl groups is 1. The summed E-state index contributed by atoms with van der Waals surface area (Å²) in [6, 6.07) is 27.3. The number of aliphatic hydroxyl groups excluding tert-OH is 1. The molecular formula is C28H34N2O2. The summed E-state index contributed by atoms with van der Waals surface area (Å²) >= 11 is 0. The molecule has 0 aromatic heterocycles. The third kappa shape index (κ3) is 5.50. The van der Waals surface area contributed by atoms with Crippen molar-refractivity contribution in [1.82, 2.24) is 4.90 Å². The molecule has 0 aliphatic carbocycles. The van der Waals surface area contributed by atoms with Crippen LogP contribution in [-0.2, 0) is 0 Å². The second-order valence-corrected chi connectivity index (χ2v) is 8.88. The molecule has 0 radical (unpaired) electrons. The van der Waals surface area contributed by atoms with Gasteiger partial charge < -0.3 is 15.5 Å². The second kappa shape index (κ2) is 10.7. The molecule has 1 fully saturated rings. The van der Waals surface area contributed by atoms with Gasteiger partial charge in [0.25, 0.3) is 0 Å². The summed E-state index contributed by atoms with van der Waals surface area (Å²) in [6.45, 7) is 4.68. The van der Waals surface area contributed by atoms with Crippen LogP contribution < -0.4 is 5.32 Å². The molecule has 3 N–H and O–H groups in total. The molecule has 0 saturated carbocycles. The van der Waals surface area contributed by atoms with Gasteiger partial charge in [-0.3, -0.25) is 4.90 Å². The van der Waals surface area contributed by atoms with Gasteiger partial charge in [0.15, 0.2) is 0 Å². The van der Waals surface area contributed by atoms with Gasteiger partial charge in [-0.25, -0.2) is 0 Å². The number of nitrogens with one attached hydrogen (secondary N) is 1. The lowest BCUT2D eigenvalue weighted by atomic mass is 9.79. The van der Waals surface area contributed by atoms with Crippen molar-refractivity contribution >= 4 is 5.69 Å². The van der Waals surface area contributed by atoms with E-state index in [0.717, 1.165) is 50.1 Å². The number of aliphatic hydroxyl groups is 1. The summed E-state index contributed by atoms with van der Waals surface area (Å²) in [7, 11) is 0. The number of anilines is 1. The zero-order chi connectivity index (χ0) is 22.3. The van der Waals surface area contributed by atoms with Crippen LogP contribution in [0.3, 0.4) is 0 Å². The molecule has 1 heterocycles. The Balaban J connectivity index is 1.48. The van der Waals surface area contributed by atoms with Crippen molar-refractivity contribution in [3.63, 3.8) is 0 Å². The molecule has 1 aliphatic rings. The molecule has 168 valence electrons. The lowest BCUT2D eigenvalue weighted by Gasteiger charge is -2.42. The van der Waals surface area contributed by atoms with Crippen molar-refractivity contribution in [3.05, 3.63) is 95.6 Å². The van der Waals surface area contributed by atoms with E-state index in [0.29, 0.717) is 5.75 Å². The maximum Gasteiger partial charge on any atom is 0.138 e. The summed E-state index contributed by atoms with van der Waals surface area (Å²) < 4.78 is 0. The minimum absolute atomic E-state index is 0.223. The molecule has 0 amide bonds.